The van der Waals surface area contributed by atoms with Gasteiger partial charge >= 0.3 is 0 Å². The summed E-state index contributed by atoms with van der Waals surface area (Å²) in [5.74, 6) is 0. The Bertz CT molecular complexity index is 3940. The molecule has 0 fully saturated rings. The highest BCUT2D eigenvalue weighted by Gasteiger charge is 2.24. The maximum Gasteiger partial charge on any atom is 0.143 e. The number of para-hydroxylation sites is 1. The quantitative estimate of drug-likeness (QED) is 0.160. The third-order valence-electron chi connectivity index (χ3n) is 13.0. The molecular weight excluding hydrogens is 791 g/mol. The zero-order valence-electron chi connectivity index (χ0n) is 35.3. The Kier molecular flexibility index (Phi) is 8.53. The number of hydrogen-bond acceptors (Lipinski definition) is 3. The molecule has 0 aliphatic heterocycles. The van der Waals surface area contributed by atoms with Crippen LogP contribution in [-0.2, 0) is 0 Å². The molecule has 304 valence electrons. The first-order chi connectivity index (χ1) is 32.2. The molecule has 0 atom stereocenters. The van der Waals surface area contributed by atoms with E-state index in [1.54, 1.807) is 0 Å². The van der Waals surface area contributed by atoms with Crippen molar-refractivity contribution in [3.63, 3.8) is 0 Å². The highest BCUT2D eigenvalue weighted by Crippen LogP contribution is 2.49. The van der Waals surface area contributed by atoms with Crippen LogP contribution >= 0.6 is 0 Å². The number of rotatable bonds is 7. The van der Waals surface area contributed by atoms with Crippen LogP contribution in [0.5, 0.6) is 0 Å². The van der Waals surface area contributed by atoms with Crippen LogP contribution in [-0.4, -0.2) is 0 Å². The summed E-state index contributed by atoms with van der Waals surface area (Å²) < 4.78 is 13.9. The molecule has 0 aliphatic carbocycles. The molecule has 0 unspecified atom stereocenters. The topological polar surface area (TPSA) is 29.5 Å². The van der Waals surface area contributed by atoms with E-state index in [4.69, 9.17) is 8.83 Å². The zero-order valence-corrected chi connectivity index (χ0v) is 35.3. The Morgan fingerprint density at radius 2 is 0.877 bits per heavy atom. The van der Waals surface area contributed by atoms with Crippen LogP contribution in [0.3, 0.4) is 0 Å². The molecule has 13 rings (SSSR count). The third-order valence-corrected chi connectivity index (χ3v) is 13.0. The number of fused-ring (bicyclic) bond motifs is 9. The van der Waals surface area contributed by atoms with Gasteiger partial charge in [0.15, 0.2) is 0 Å². The fraction of sp³-hybridized carbons (Fsp3) is 0. The Morgan fingerprint density at radius 1 is 0.277 bits per heavy atom. The standard InChI is InChI=1S/C62H39NO2/c1-3-15-40(16-4-1)43-31-33-47(34-32-43)63(48-22-13-21-45(38-48)41-17-5-2-6-18-41)56-26-14-28-58-60(56)55-39-54(50-23-9-10-24-51(50)61(55)65-58)52-36-35-49(46-30-29-42-19-7-8-20-44(42)37-46)59-53-25-11-12-27-57(53)64-62(52)59/h1-39H. The van der Waals surface area contributed by atoms with Gasteiger partial charge in [-0.1, -0.05) is 176 Å². The third kappa shape index (κ3) is 6.12. The summed E-state index contributed by atoms with van der Waals surface area (Å²) in [6.45, 7) is 0. The maximum atomic E-state index is 6.99. The van der Waals surface area contributed by atoms with Crippen molar-refractivity contribution in [2.24, 2.45) is 0 Å². The van der Waals surface area contributed by atoms with Gasteiger partial charge in [0, 0.05) is 38.5 Å². The molecule has 0 radical (unpaired) electrons. The smallest absolute Gasteiger partial charge is 0.143 e. The summed E-state index contributed by atoms with van der Waals surface area (Å²) in [5, 5.41) is 8.87. The number of benzene rings is 11. The first kappa shape index (κ1) is 36.9. The second-order valence-corrected chi connectivity index (χ2v) is 16.8. The van der Waals surface area contributed by atoms with Gasteiger partial charge in [-0.25, -0.2) is 0 Å². The van der Waals surface area contributed by atoms with Crippen molar-refractivity contribution in [2.45, 2.75) is 0 Å². The Labute approximate surface area is 375 Å². The first-order valence-electron chi connectivity index (χ1n) is 22.2. The molecule has 11 aromatic carbocycles. The van der Waals surface area contributed by atoms with Gasteiger partial charge in [0.25, 0.3) is 0 Å². The molecule has 0 amide bonds. The lowest BCUT2D eigenvalue weighted by atomic mass is 9.90. The van der Waals surface area contributed by atoms with Crippen LogP contribution in [0.4, 0.5) is 17.1 Å². The molecule has 2 aromatic heterocycles. The summed E-state index contributed by atoms with van der Waals surface area (Å²) in [6.07, 6.45) is 0. The molecule has 0 saturated carbocycles. The van der Waals surface area contributed by atoms with E-state index in [1.165, 1.54) is 27.5 Å². The van der Waals surface area contributed by atoms with Gasteiger partial charge in [-0.15, -0.1) is 0 Å². The van der Waals surface area contributed by atoms with Gasteiger partial charge < -0.3 is 13.7 Å². The van der Waals surface area contributed by atoms with Crippen molar-refractivity contribution < 1.29 is 8.83 Å². The van der Waals surface area contributed by atoms with Crippen LogP contribution in [0.2, 0.25) is 0 Å². The summed E-state index contributed by atoms with van der Waals surface area (Å²) >= 11 is 0. The van der Waals surface area contributed by atoms with Crippen LogP contribution in [0.1, 0.15) is 0 Å². The van der Waals surface area contributed by atoms with E-state index < -0.39 is 0 Å². The van der Waals surface area contributed by atoms with E-state index in [1.807, 2.05) is 0 Å². The molecule has 3 nitrogen and oxygen atoms in total. The monoisotopic (exact) mass is 829 g/mol. The number of furan rings is 2. The molecule has 0 spiro atoms. The van der Waals surface area contributed by atoms with E-state index in [2.05, 4.69) is 241 Å². The van der Waals surface area contributed by atoms with Gasteiger partial charge in [0.2, 0.25) is 0 Å². The van der Waals surface area contributed by atoms with Crippen LogP contribution in [0.25, 0.3) is 110 Å². The fourth-order valence-electron chi connectivity index (χ4n) is 9.99. The van der Waals surface area contributed by atoms with Gasteiger partial charge in [-0.3, -0.25) is 0 Å². The minimum Gasteiger partial charge on any atom is -0.455 e. The van der Waals surface area contributed by atoms with Crippen molar-refractivity contribution in [1.29, 1.82) is 0 Å². The average molecular weight is 830 g/mol. The van der Waals surface area contributed by atoms with Gasteiger partial charge in [0.1, 0.15) is 22.3 Å². The fourth-order valence-corrected chi connectivity index (χ4v) is 9.99. The van der Waals surface area contributed by atoms with Crippen LogP contribution in [0.15, 0.2) is 245 Å². The normalized spacial score (nSPS) is 11.7. The number of anilines is 3. The second-order valence-electron chi connectivity index (χ2n) is 16.8. The highest BCUT2D eigenvalue weighted by atomic mass is 16.3. The second kappa shape index (κ2) is 15.0. The Hall–Kier alpha value is -8.66. The Morgan fingerprint density at radius 3 is 1.69 bits per heavy atom. The highest BCUT2D eigenvalue weighted by molar-refractivity contribution is 6.25. The summed E-state index contributed by atoms with van der Waals surface area (Å²) in [7, 11) is 0. The predicted octanol–water partition coefficient (Wildman–Crippen LogP) is 17.9. The van der Waals surface area contributed by atoms with E-state index in [-0.39, 0.29) is 0 Å². The molecule has 3 heteroatoms. The molecule has 0 bridgehead atoms. The van der Waals surface area contributed by atoms with Gasteiger partial charge in [-0.05, 0) is 116 Å². The molecule has 13 aromatic rings. The average Bonchev–Trinajstić information content (AvgIpc) is 3.97. The zero-order chi connectivity index (χ0) is 42.8. The van der Waals surface area contributed by atoms with E-state index in [0.29, 0.717) is 0 Å². The van der Waals surface area contributed by atoms with Crippen LogP contribution in [0, 0.1) is 0 Å². The molecule has 65 heavy (non-hydrogen) atoms. The molecular formula is C62H39NO2. The molecule has 0 saturated heterocycles. The lowest BCUT2D eigenvalue weighted by Crippen LogP contribution is -2.10. The maximum absolute atomic E-state index is 6.99. The van der Waals surface area contributed by atoms with Gasteiger partial charge in [0.05, 0.1) is 11.1 Å². The summed E-state index contributed by atoms with van der Waals surface area (Å²) in [4.78, 5) is 2.38. The first-order valence-corrected chi connectivity index (χ1v) is 22.2. The minimum absolute atomic E-state index is 0.824. The minimum atomic E-state index is 0.824. The lowest BCUT2D eigenvalue weighted by molar-refractivity contribution is 0.670. The van der Waals surface area contributed by atoms with Gasteiger partial charge in [-0.2, -0.15) is 0 Å². The van der Waals surface area contributed by atoms with Crippen molar-refractivity contribution >= 4 is 82.5 Å². The van der Waals surface area contributed by atoms with Crippen molar-refractivity contribution in [1.82, 2.24) is 0 Å². The van der Waals surface area contributed by atoms with E-state index in [0.717, 1.165) is 99.5 Å². The Balaban J connectivity index is 1.06. The van der Waals surface area contributed by atoms with Crippen molar-refractivity contribution in [2.75, 3.05) is 4.90 Å². The summed E-state index contributed by atoms with van der Waals surface area (Å²) in [6, 6.07) is 84.5. The number of nitrogens with zero attached hydrogens (tertiary/aromatic N) is 1. The van der Waals surface area contributed by atoms with Crippen molar-refractivity contribution in [3.05, 3.63) is 237 Å². The van der Waals surface area contributed by atoms with Crippen molar-refractivity contribution in [3.8, 4) is 44.5 Å². The van der Waals surface area contributed by atoms with Crippen LogP contribution < -0.4 is 4.90 Å². The largest absolute Gasteiger partial charge is 0.455 e. The lowest BCUT2D eigenvalue weighted by Gasteiger charge is -2.27. The molecule has 0 aliphatic rings. The predicted molar refractivity (Wildman–Crippen MR) is 272 cm³/mol. The number of hydrogen-bond donors (Lipinski definition) is 0. The van der Waals surface area contributed by atoms with E-state index in [9.17, 15) is 0 Å². The SMILES string of the molecule is c1ccc(-c2ccc(N(c3cccc(-c4ccccc4)c3)c3cccc4oc5c6ccccc6c(-c6ccc(-c7ccc8ccccc8c7)c7c6oc6ccccc67)cc5c34)cc2)cc1. The van der Waals surface area contributed by atoms with E-state index >= 15 is 0 Å². The summed E-state index contributed by atoms with van der Waals surface area (Å²) in [5.41, 5.74) is 15.6. The molecule has 2 heterocycles. The molecule has 0 N–H and O–H groups in total.